The van der Waals surface area contributed by atoms with Gasteiger partial charge in [0.25, 0.3) is 0 Å². The number of hydrogen-bond acceptors (Lipinski definition) is 3. The van der Waals surface area contributed by atoms with Gasteiger partial charge in [0, 0.05) is 11.6 Å². The molecule has 0 saturated carbocycles. The summed E-state index contributed by atoms with van der Waals surface area (Å²) >= 11 is 3.41. The third-order valence-electron chi connectivity index (χ3n) is 2.34. The first-order chi connectivity index (χ1) is 7.13. The summed E-state index contributed by atoms with van der Waals surface area (Å²) in [5, 5.41) is 0. The van der Waals surface area contributed by atoms with Gasteiger partial charge in [-0.1, -0.05) is 6.92 Å². The van der Waals surface area contributed by atoms with Gasteiger partial charge >= 0.3 is 0 Å². The van der Waals surface area contributed by atoms with Crippen molar-refractivity contribution < 1.29 is 9.47 Å². The highest BCUT2D eigenvalue weighted by Gasteiger charge is 2.14. The lowest BCUT2D eigenvalue weighted by atomic mass is 10.0. The summed E-state index contributed by atoms with van der Waals surface area (Å²) in [6.45, 7) is 2.04. The molecule has 0 aliphatic rings. The molecule has 3 nitrogen and oxygen atoms in total. The molecule has 0 bridgehead atoms. The van der Waals surface area contributed by atoms with Crippen LogP contribution in [0.15, 0.2) is 16.6 Å². The van der Waals surface area contributed by atoms with Crippen LogP contribution in [0.3, 0.4) is 0 Å². The van der Waals surface area contributed by atoms with Crippen molar-refractivity contribution in [1.29, 1.82) is 0 Å². The number of halogens is 1. The van der Waals surface area contributed by atoms with Gasteiger partial charge in [-0.05, 0) is 34.5 Å². The minimum absolute atomic E-state index is 0.0260. The average Bonchev–Trinajstić information content (AvgIpc) is 2.27. The van der Waals surface area contributed by atoms with Gasteiger partial charge in [-0.3, -0.25) is 0 Å². The maximum Gasteiger partial charge on any atom is 0.133 e. The van der Waals surface area contributed by atoms with E-state index in [0.717, 1.165) is 28.0 Å². The molecule has 0 aliphatic carbocycles. The average molecular weight is 274 g/mol. The summed E-state index contributed by atoms with van der Waals surface area (Å²) in [6.07, 6.45) is 0.862. The monoisotopic (exact) mass is 273 g/mol. The number of nitrogens with two attached hydrogens (primary N) is 1. The van der Waals surface area contributed by atoms with Crippen LogP contribution < -0.4 is 15.2 Å². The standard InChI is InChI=1S/C11H16BrNO2/c1-4-9(13)7-5-11(15-3)8(12)6-10(7)14-2/h5-6,9H,4,13H2,1-3H3/t9-/m0/s1. The van der Waals surface area contributed by atoms with Crippen LogP contribution in [-0.4, -0.2) is 14.2 Å². The topological polar surface area (TPSA) is 44.5 Å². The summed E-state index contributed by atoms with van der Waals surface area (Å²) in [6, 6.07) is 3.77. The van der Waals surface area contributed by atoms with Crippen LogP contribution in [0, 0.1) is 0 Å². The first kappa shape index (κ1) is 12.3. The predicted octanol–water partition coefficient (Wildman–Crippen LogP) is 2.88. The molecule has 0 aromatic heterocycles. The second kappa shape index (κ2) is 5.37. The zero-order valence-corrected chi connectivity index (χ0v) is 10.8. The molecule has 15 heavy (non-hydrogen) atoms. The van der Waals surface area contributed by atoms with E-state index in [0.29, 0.717) is 0 Å². The molecule has 1 rings (SSSR count). The highest BCUT2D eigenvalue weighted by molar-refractivity contribution is 9.10. The zero-order chi connectivity index (χ0) is 11.4. The highest BCUT2D eigenvalue weighted by atomic mass is 79.9. The molecular formula is C11H16BrNO2. The second-order valence-corrected chi connectivity index (χ2v) is 4.10. The highest BCUT2D eigenvalue weighted by Crippen LogP contribution is 2.35. The fourth-order valence-corrected chi connectivity index (χ4v) is 1.88. The van der Waals surface area contributed by atoms with E-state index >= 15 is 0 Å². The Labute approximate surface area is 98.7 Å². The van der Waals surface area contributed by atoms with Gasteiger partial charge in [0.15, 0.2) is 0 Å². The molecule has 0 unspecified atom stereocenters. The quantitative estimate of drug-likeness (QED) is 0.918. The maximum atomic E-state index is 5.99. The van der Waals surface area contributed by atoms with Crippen molar-refractivity contribution in [3.63, 3.8) is 0 Å². The van der Waals surface area contributed by atoms with E-state index in [1.165, 1.54) is 0 Å². The Kier molecular flexibility index (Phi) is 4.42. The molecule has 0 radical (unpaired) electrons. The van der Waals surface area contributed by atoms with Crippen LogP contribution >= 0.6 is 15.9 Å². The first-order valence-electron chi connectivity index (χ1n) is 4.81. The van der Waals surface area contributed by atoms with E-state index in [-0.39, 0.29) is 6.04 Å². The Hall–Kier alpha value is -0.740. The Morgan fingerprint density at radius 1 is 1.27 bits per heavy atom. The predicted molar refractivity (Wildman–Crippen MR) is 64.5 cm³/mol. The summed E-state index contributed by atoms with van der Waals surface area (Å²) < 4.78 is 11.4. The van der Waals surface area contributed by atoms with E-state index in [9.17, 15) is 0 Å². The van der Waals surface area contributed by atoms with Crippen molar-refractivity contribution >= 4 is 15.9 Å². The van der Waals surface area contributed by atoms with E-state index < -0.39 is 0 Å². The fourth-order valence-electron chi connectivity index (χ4n) is 1.39. The third kappa shape index (κ3) is 2.63. The van der Waals surface area contributed by atoms with E-state index in [1.54, 1.807) is 14.2 Å². The molecule has 0 amide bonds. The Morgan fingerprint density at radius 2 is 1.87 bits per heavy atom. The molecule has 1 atom stereocenters. The zero-order valence-electron chi connectivity index (χ0n) is 9.21. The molecule has 0 fully saturated rings. The van der Waals surface area contributed by atoms with Gasteiger partial charge in [-0.2, -0.15) is 0 Å². The molecule has 1 aromatic rings. The first-order valence-corrected chi connectivity index (χ1v) is 5.60. The van der Waals surface area contributed by atoms with Gasteiger partial charge < -0.3 is 15.2 Å². The number of rotatable bonds is 4. The molecule has 0 heterocycles. The lowest BCUT2D eigenvalue weighted by molar-refractivity contribution is 0.392. The van der Waals surface area contributed by atoms with Gasteiger partial charge in [0.2, 0.25) is 0 Å². The van der Waals surface area contributed by atoms with E-state index in [4.69, 9.17) is 15.2 Å². The molecule has 4 heteroatoms. The Balaban J connectivity index is 3.22. The van der Waals surface area contributed by atoms with Crippen molar-refractivity contribution in [3.8, 4) is 11.5 Å². The van der Waals surface area contributed by atoms with Gasteiger partial charge in [-0.15, -0.1) is 0 Å². The molecule has 1 aromatic carbocycles. The maximum absolute atomic E-state index is 5.99. The number of benzene rings is 1. The van der Waals surface area contributed by atoms with Crippen molar-refractivity contribution in [1.82, 2.24) is 0 Å². The molecule has 2 N–H and O–H groups in total. The number of ether oxygens (including phenoxy) is 2. The van der Waals surface area contributed by atoms with E-state index in [2.05, 4.69) is 15.9 Å². The summed E-state index contributed by atoms with van der Waals surface area (Å²) in [5.41, 5.74) is 6.97. The molecule has 0 saturated heterocycles. The Morgan fingerprint density at radius 3 is 2.33 bits per heavy atom. The molecular weight excluding hydrogens is 258 g/mol. The van der Waals surface area contributed by atoms with Crippen LogP contribution in [0.4, 0.5) is 0 Å². The number of hydrogen-bond donors (Lipinski definition) is 1. The largest absolute Gasteiger partial charge is 0.496 e. The lowest BCUT2D eigenvalue weighted by Crippen LogP contribution is -2.10. The van der Waals surface area contributed by atoms with Crippen LogP contribution in [0.5, 0.6) is 11.5 Å². The molecule has 0 aliphatic heterocycles. The van der Waals surface area contributed by atoms with Crippen molar-refractivity contribution in [2.45, 2.75) is 19.4 Å². The van der Waals surface area contributed by atoms with Crippen LogP contribution in [0.2, 0.25) is 0 Å². The van der Waals surface area contributed by atoms with E-state index in [1.807, 2.05) is 19.1 Å². The van der Waals surface area contributed by atoms with Gasteiger partial charge in [0.05, 0.1) is 18.7 Å². The lowest BCUT2D eigenvalue weighted by Gasteiger charge is -2.16. The van der Waals surface area contributed by atoms with Gasteiger partial charge in [0.1, 0.15) is 11.5 Å². The number of methoxy groups -OCH3 is 2. The van der Waals surface area contributed by atoms with Crippen LogP contribution in [0.1, 0.15) is 24.9 Å². The summed E-state index contributed by atoms with van der Waals surface area (Å²) in [5.74, 6) is 1.56. The Bertz CT molecular complexity index is 342. The summed E-state index contributed by atoms with van der Waals surface area (Å²) in [7, 11) is 3.27. The van der Waals surface area contributed by atoms with Crippen molar-refractivity contribution in [2.24, 2.45) is 5.73 Å². The normalized spacial score (nSPS) is 12.3. The van der Waals surface area contributed by atoms with Crippen LogP contribution in [0.25, 0.3) is 0 Å². The smallest absolute Gasteiger partial charge is 0.133 e. The molecule has 84 valence electrons. The molecule has 0 spiro atoms. The second-order valence-electron chi connectivity index (χ2n) is 3.24. The van der Waals surface area contributed by atoms with Crippen LogP contribution in [-0.2, 0) is 0 Å². The minimum atomic E-state index is -0.0260. The SMILES string of the molecule is CC[C@H](N)c1cc(OC)c(Br)cc1OC. The minimum Gasteiger partial charge on any atom is -0.496 e. The van der Waals surface area contributed by atoms with Crippen molar-refractivity contribution in [2.75, 3.05) is 14.2 Å². The van der Waals surface area contributed by atoms with Gasteiger partial charge in [-0.25, -0.2) is 0 Å². The third-order valence-corrected chi connectivity index (χ3v) is 2.96. The fraction of sp³-hybridized carbons (Fsp3) is 0.455. The van der Waals surface area contributed by atoms with Crippen molar-refractivity contribution in [3.05, 3.63) is 22.2 Å². The summed E-state index contributed by atoms with van der Waals surface area (Å²) in [4.78, 5) is 0.